The highest BCUT2D eigenvalue weighted by Gasteiger charge is 2.12. The number of ether oxygens (including phenoxy) is 1. The first-order chi connectivity index (χ1) is 7.33. The topological polar surface area (TPSA) is 64.3 Å². The lowest BCUT2D eigenvalue weighted by atomic mass is 10.1. The molecule has 15 heavy (non-hydrogen) atoms. The first-order valence-corrected chi connectivity index (χ1v) is 5.94. The van der Waals surface area contributed by atoms with Crippen LogP contribution in [0.15, 0.2) is 0 Å². The van der Waals surface area contributed by atoms with Crippen molar-refractivity contribution < 1.29 is 9.53 Å². The third kappa shape index (κ3) is 5.74. The van der Waals surface area contributed by atoms with Crippen molar-refractivity contribution >= 4 is 5.91 Å². The van der Waals surface area contributed by atoms with Crippen LogP contribution in [0.5, 0.6) is 0 Å². The molecule has 1 rings (SSSR count). The second-order valence-corrected chi connectivity index (χ2v) is 4.16. The van der Waals surface area contributed by atoms with Gasteiger partial charge in [0.1, 0.15) is 0 Å². The summed E-state index contributed by atoms with van der Waals surface area (Å²) in [6.07, 6.45) is 9.27. The summed E-state index contributed by atoms with van der Waals surface area (Å²) in [6, 6.07) is 0. The third-order valence-electron chi connectivity index (χ3n) is 2.86. The van der Waals surface area contributed by atoms with Crippen LogP contribution in [0, 0.1) is 0 Å². The summed E-state index contributed by atoms with van der Waals surface area (Å²) in [7, 11) is 0. The van der Waals surface area contributed by atoms with E-state index >= 15 is 0 Å². The quantitative estimate of drug-likeness (QED) is 0.240. The molecule has 88 valence electrons. The summed E-state index contributed by atoms with van der Waals surface area (Å²) < 4.78 is 5.74. The first-order valence-electron chi connectivity index (χ1n) is 5.94. The zero-order chi connectivity index (χ0) is 10.9. The molecule has 0 spiro atoms. The number of carbonyl (C=O) groups is 1. The molecule has 0 bridgehead atoms. The van der Waals surface area contributed by atoms with E-state index < -0.39 is 0 Å². The van der Waals surface area contributed by atoms with Crippen LogP contribution >= 0.6 is 0 Å². The fourth-order valence-corrected chi connectivity index (χ4v) is 1.96. The van der Waals surface area contributed by atoms with Crippen molar-refractivity contribution in [3.05, 3.63) is 0 Å². The molecule has 0 aromatic heterocycles. The van der Waals surface area contributed by atoms with Gasteiger partial charge in [0.25, 0.3) is 0 Å². The fraction of sp³-hybridized carbons (Fsp3) is 0.909. The van der Waals surface area contributed by atoms with Gasteiger partial charge in [-0.25, -0.2) is 5.84 Å². The monoisotopic (exact) mass is 214 g/mol. The number of hydrazine groups is 1. The molecule has 0 saturated heterocycles. The van der Waals surface area contributed by atoms with Gasteiger partial charge in [0.05, 0.1) is 6.10 Å². The maximum Gasteiger partial charge on any atom is 0.233 e. The zero-order valence-corrected chi connectivity index (χ0v) is 9.34. The summed E-state index contributed by atoms with van der Waals surface area (Å²) in [6.45, 7) is 0.679. The normalized spacial score (nSPS) is 18.5. The van der Waals surface area contributed by atoms with Crippen molar-refractivity contribution in [3.63, 3.8) is 0 Å². The number of nitrogens with one attached hydrogen (secondary N) is 1. The number of carbonyl (C=O) groups excluding carboxylic acids is 1. The van der Waals surface area contributed by atoms with Crippen molar-refractivity contribution in [3.8, 4) is 0 Å². The summed E-state index contributed by atoms with van der Waals surface area (Å²) in [5, 5.41) is 0. The minimum Gasteiger partial charge on any atom is -0.378 e. The van der Waals surface area contributed by atoms with E-state index in [2.05, 4.69) is 5.43 Å². The van der Waals surface area contributed by atoms with Crippen LogP contribution in [-0.4, -0.2) is 18.6 Å². The first kappa shape index (κ1) is 12.5. The smallest absolute Gasteiger partial charge is 0.233 e. The molecule has 1 aliphatic rings. The number of hydrogen-bond acceptors (Lipinski definition) is 3. The average Bonchev–Trinajstić information content (AvgIpc) is 2.52. The predicted octanol–water partition coefficient (Wildman–Crippen LogP) is 1.50. The molecule has 0 atom stereocenters. The Balaban J connectivity index is 2.00. The molecule has 0 heterocycles. The van der Waals surface area contributed by atoms with Crippen molar-refractivity contribution in [2.45, 2.75) is 57.5 Å². The third-order valence-corrected chi connectivity index (χ3v) is 2.86. The Morgan fingerprint density at radius 3 is 2.53 bits per heavy atom. The molecular formula is C11H22N2O2. The lowest BCUT2D eigenvalue weighted by Gasteiger charge is -2.14. The van der Waals surface area contributed by atoms with Crippen molar-refractivity contribution in [1.82, 2.24) is 5.43 Å². The minimum absolute atomic E-state index is 0.112. The lowest BCUT2D eigenvalue weighted by Crippen LogP contribution is -2.30. The van der Waals surface area contributed by atoms with Crippen LogP contribution in [0.1, 0.15) is 51.4 Å². The Morgan fingerprint density at radius 2 is 1.93 bits per heavy atom. The number of hydrogen-bond donors (Lipinski definition) is 2. The molecular weight excluding hydrogens is 192 g/mol. The zero-order valence-electron chi connectivity index (χ0n) is 9.34. The summed E-state index contributed by atoms with van der Waals surface area (Å²) in [5.41, 5.74) is 2.12. The second kappa shape index (κ2) is 7.65. The molecule has 4 nitrogen and oxygen atoms in total. The molecule has 0 unspecified atom stereocenters. The molecule has 1 aliphatic carbocycles. The predicted molar refractivity (Wildman–Crippen MR) is 59.0 cm³/mol. The Kier molecular flexibility index (Phi) is 6.36. The van der Waals surface area contributed by atoms with Crippen LogP contribution in [0.25, 0.3) is 0 Å². The second-order valence-electron chi connectivity index (χ2n) is 4.16. The Bertz CT molecular complexity index is 177. The maximum absolute atomic E-state index is 10.8. The Labute approximate surface area is 91.5 Å². The van der Waals surface area contributed by atoms with E-state index in [0.29, 0.717) is 19.1 Å². The maximum atomic E-state index is 10.8. The highest BCUT2D eigenvalue weighted by Crippen LogP contribution is 2.19. The van der Waals surface area contributed by atoms with Gasteiger partial charge < -0.3 is 4.74 Å². The Morgan fingerprint density at radius 1 is 1.27 bits per heavy atom. The van der Waals surface area contributed by atoms with Crippen molar-refractivity contribution in [1.29, 1.82) is 0 Å². The van der Waals surface area contributed by atoms with E-state index in [9.17, 15) is 4.79 Å². The van der Waals surface area contributed by atoms with Crippen LogP contribution in [0.4, 0.5) is 0 Å². The lowest BCUT2D eigenvalue weighted by molar-refractivity contribution is -0.121. The minimum atomic E-state index is -0.112. The highest BCUT2D eigenvalue weighted by atomic mass is 16.5. The molecule has 1 fully saturated rings. The van der Waals surface area contributed by atoms with Crippen LogP contribution in [-0.2, 0) is 9.53 Å². The fourth-order valence-electron chi connectivity index (χ4n) is 1.96. The molecule has 0 aliphatic heterocycles. The largest absolute Gasteiger partial charge is 0.378 e. The Hall–Kier alpha value is -0.610. The molecule has 0 radical (unpaired) electrons. The summed E-state index contributed by atoms with van der Waals surface area (Å²) in [4.78, 5) is 10.8. The van der Waals surface area contributed by atoms with Gasteiger partial charge >= 0.3 is 0 Å². The van der Waals surface area contributed by atoms with Crippen LogP contribution in [0.2, 0.25) is 0 Å². The van der Waals surface area contributed by atoms with Crippen LogP contribution < -0.4 is 11.3 Å². The summed E-state index contributed by atoms with van der Waals surface area (Å²) in [5.74, 6) is 4.87. The van der Waals surface area contributed by atoms with Crippen LogP contribution in [0.3, 0.4) is 0 Å². The summed E-state index contributed by atoms with van der Waals surface area (Å²) >= 11 is 0. The molecule has 0 aromatic rings. The standard InChI is InChI=1S/C11H22N2O2/c12-13-11(14)8-5-9-15-10-6-3-1-2-4-7-10/h10H,1-9,12H2,(H,13,14). The molecule has 4 heteroatoms. The molecule has 1 saturated carbocycles. The van der Waals surface area contributed by atoms with Crippen molar-refractivity contribution in [2.75, 3.05) is 6.61 Å². The number of nitrogens with two attached hydrogens (primary N) is 1. The molecule has 1 amide bonds. The van der Waals surface area contributed by atoms with Gasteiger partial charge in [-0.05, 0) is 19.3 Å². The SMILES string of the molecule is NNC(=O)CCCOC1CCCCCC1. The van der Waals surface area contributed by atoms with E-state index in [4.69, 9.17) is 10.6 Å². The molecule has 3 N–H and O–H groups in total. The average molecular weight is 214 g/mol. The van der Waals surface area contributed by atoms with Gasteiger partial charge in [-0.2, -0.15) is 0 Å². The van der Waals surface area contributed by atoms with E-state index in [1.165, 1.54) is 38.5 Å². The van der Waals surface area contributed by atoms with E-state index in [1.54, 1.807) is 0 Å². The van der Waals surface area contributed by atoms with Crippen molar-refractivity contribution in [2.24, 2.45) is 5.84 Å². The van der Waals surface area contributed by atoms with Gasteiger partial charge in [-0.15, -0.1) is 0 Å². The van der Waals surface area contributed by atoms with E-state index in [0.717, 1.165) is 6.42 Å². The van der Waals surface area contributed by atoms with Gasteiger partial charge in [0.15, 0.2) is 0 Å². The van der Waals surface area contributed by atoms with Gasteiger partial charge in [-0.3, -0.25) is 10.2 Å². The van der Waals surface area contributed by atoms with E-state index in [-0.39, 0.29) is 5.91 Å². The van der Waals surface area contributed by atoms with Gasteiger partial charge in [0.2, 0.25) is 5.91 Å². The van der Waals surface area contributed by atoms with Gasteiger partial charge in [-0.1, -0.05) is 25.7 Å². The number of rotatable bonds is 5. The highest BCUT2D eigenvalue weighted by molar-refractivity contribution is 5.75. The number of amides is 1. The molecule has 0 aromatic carbocycles. The van der Waals surface area contributed by atoms with E-state index in [1.807, 2.05) is 0 Å². The van der Waals surface area contributed by atoms with Gasteiger partial charge in [0, 0.05) is 13.0 Å².